The number of aromatic amines is 1. The maximum absolute atomic E-state index is 12.2. The lowest BCUT2D eigenvalue weighted by Crippen LogP contribution is -2.15. The maximum atomic E-state index is 12.2. The van der Waals surface area contributed by atoms with E-state index in [4.69, 9.17) is 0 Å². The van der Waals surface area contributed by atoms with Gasteiger partial charge in [0, 0.05) is 0 Å². The van der Waals surface area contributed by atoms with E-state index < -0.39 is 10.0 Å². The van der Waals surface area contributed by atoms with Crippen LogP contribution in [0.15, 0.2) is 54.9 Å². The van der Waals surface area contributed by atoms with Crippen LogP contribution >= 0.6 is 0 Å². The Hall–Kier alpha value is -2.34. The van der Waals surface area contributed by atoms with E-state index >= 15 is 0 Å². The first-order valence-corrected chi connectivity index (χ1v) is 7.76. The van der Waals surface area contributed by atoms with Crippen molar-refractivity contribution in [3.05, 3.63) is 60.4 Å². The molecule has 0 unspecified atom stereocenters. The molecule has 0 saturated carbocycles. The van der Waals surface area contributed by atoms with E-state index in [1.807, 2.05) is 24.3 Å². The Bertz CT molecular complexity index is 826. The van der Waals surface area contributed by atoms with Gasteiger partial charge in [-0.2, -0.15) is 0 Å². The van der Waals surface area contributed by atoms with Gasteiger partial charge in [0.25, 0.3) is 0 Å². The van der Waals surface area contributed by atoms with Gasteiger partial charge in [-0.15, -0.1) is 0 Å². The fraction of sp³-hybridized carbons (Fsp3) is 0.0714. The van der Waals surface area contributed by atoms with E-state index in [1.54, 1.807) is 30.6 Å². The summed E-state index contributed by atoms with van der Waals surface area (Å²) in [6.07, 6.45) is 1.54. The van der Waals surface area contributed by atoms with E-state index in [2.05, 4.69) is 14.7 Å². The lowest BCUT2D eigenvalue weighted by atomic mass is 10.2. The van der Waals surface area contributed by atoms with Crippen molar-refractivity contribution in [1.82, 2.24) is 9.97 Å². The van der Waals surface area contributed by atoms with Crippen LogP contribution < -0.4 is 4.72 Å². The molecule has 0 aliphatic carbocycles. The third-order valence-electron chi connectivity index (χ3n) is 2.91. The Labute approximate surface area is 116 Å². The molecule has 2 aromatic carbocycles. The summed E-state index contributed by atoms with van der Waals surface area (Å²) in [6, 6.07) is 14.4. The Kier molecular flexibility index (Phi) is 3.15. The number of para-hydroxylation sites is 1. The summed E-state index contributed by atoms with van der Waals surface area (Å²) in [5.74, 6) is -0.0609. The first-order chi connectivity index (χ1) is 9.64. The normalized spacial score (nSPS) is 11.6. The van der Waals surface area contributed by atoms with E-state index in [9.17, 15) is 8.42 Å². The van der Waals surface area contributed by atoms with Gasteiger partial charge in [-0.25, -0.2) is 13.4 Å². The maximum Gasteiger partial charge on any atom is 0.236 e. The monoisotopic (exact) mass is 287 g/mol. The van der Waals surface area contributed by atoms with Crippen molar-refractivity contribution in [3.8, 4) is 0 Å². The molecule has 0 atom stereocenters. The number of anilines is 1. The SMILES string of the molecule is O=S(=O)(Cc1ccccc1)Nc1cccc2[nH]cnc12. The third kappa shape index (κ3) is 2.65. The summed E-state index contributed by atoms with van der Waals surface area (Å²) in [5, 5.41) is 0. The van der Waals surface area contributed by atoms with Crippen LogP contribution in [-0.4, -0.2) is 18.4 Å². The number of H-pyrrole nitrogens is 1. The van der Waals surface area contributed by atoms with Crippen molar-refractivity contribution in [2.75, 3.05) is 4.72 Å². The van der Waals surface area contributed by atoms with Gasteiger partial charge >= 0.3 is 0 Å². The number of rotatable bonds is 4. The van der Waals surface area contributed by atoms with E-state index in [1.165, 1.54) is 0 Å². The second-order valence-corrected chi connectivity index (χ2v) is 6.17. The van der Waals surface area contributed by atoms with E-state index in [0.717, 1.165) is 11.1 Å². The molecule has 0 amide bonds. The summed E-state index contributed by atoms with van der Waals surface area (Å²) in [6.45, 7) is 0. The van der Waals surface area contributed by atoms with Crippen molar-refractivity contribution in [3.63, 3.8) is 0 Å². The lowest BCUT2D eigenvalue weighted by molar-refractivity contribution is 0.600. The molecule has 0 spiro atoms. The molecule has 5 nitrogen and oxygen atoms in total. The Morgan fingerprint density at radius 3 is 2.65 bits per heavy atom. The molecule has 3 rings (SSSR count). The van der Waals surface area contributed by atoms with Crippen molar-refractivity contribution in [1.29, 1.82) is 0 Å². The van der Waals surface area contributed by atoms with Gasteiger partial charge in [-0.3, -0.25) is 4.72 Å². The Morgan fingerprint density at radius 1 is 1.05 bits per heavy atom. The van der Waals surface area contributed by atoms with Crippen LogP contribution in [0.4, 0.5) is 5.69 Å². The lowest BCUT2D eigenvalue weighted by Gasteiger charge is -2.08. The van der Waals surface area contributed by atoms with Gasteiger partial charge in [0.1, 0.15) is 5.52 Å². The number of nitrogens with zero attached hydrogens (tertiary/aromatic N) is 1. The number of nitrogens with one attached hydrogen (secondary N) is 2. The number of imidazole rings is 1. The van der Waals surface area contributed by atoms with Gasteiger partial charge in [-0.1, -0.05) is 36.4 Å². The summed E-state index contributed by atoms with van der Waals surface area (Å²) < 4.78 is 27.0. The number of sulfonamides is 1. The van der Waals surface area contributed by atoms with Crippen LogP contribution in [0.3, 0.4) is 0 Å². The van der Waals surface area contributed by atoms with Crippen LogP contribution in [-0.2, 0) is 15.8 Å². The predicted octanol–water partition coefficient (Wildman–Crippen LogP) is 2.50. The number of benzene rings is 2. The highest BCUT2D eigenvalue weighted by Crippen LogP contribution is 2.21. The molecule has 0 saturated heterocycles. The Balaban J connectivity index is 1.88. The average molecular weight is 287 g/mol. The van der Waals surface area contributed by atoms with Crippen molar-refractivity contribution >= 4 is 26.7 Å². The fourth-order valence-electron chi connectivity index (χ4n) is 2.05. The number of aromatic nitrogens is 2. The molecule has 1 aromatic heterocycles. The molecule has 102 valence electrons. The van der Waals surface area contributed by atoms with Gasteiger partial charge in [0.2, 0.25) is 10.0 Å². The Morgan fingerprint density at radius 2 is 1.85 bits per heavy atom. The van der Waals surface area contributed by atoms with Gasteiger partial charge in [0.15, 0.2) is 0 Å². The first-order valence-electron chi connectivity index (χ1n) is 6.10. The molecule has 0 aliphatic heterocycles. The van der Waals surface area contributed by atoms with Crippen LogP contribution in [0.5, 0.6) is 0 Å². The molecule has 0 radical (unpaired) electrons. The van der Waals surface area contributed by atoms with Crippen molar-refractivity contribution in [2.24, 2.45) is 0 Å². The highest BCUT2D eigenvalue weighted by atomic mass is 32.2. The van der Waals surface area contributed by atoms with E-state index in [-0.39, 0.29) is 5.75 Å². The summed E-state index contributed by atoms with van der Waals surface area (Å²) >= 11 is 0. The predicted molar refractivity (Wildman–Crippen MR) is 78.8 cm³/mol. The number of hydrogen-bond donors (Lipinski definition) is 2. The minimum absolute atomic E-state index is 0.0609. The minimum atomic E-state index is -3.46. The largest absolute Gasteiger partial charge is 0.345 e. The molecule has 6 heteroatoms. The third-order valence-corrected chi connectivity index (χ3v) is 4.16. The van der Waals surface area contributed by atoms with Gasteiger partial charge < -0.3 is 4.98 Å². The second-order valence-electron chi connectivity index (χ2n) is 4.45. The molecule has 3 aromatic rings. The topological polar surface area (TPSA) is 74.8 Å². The van der Waals surface area contributed by atoms with Crippen LogP contribution in [0.1, 0.15) is 5.56 Å². The zero-order valence-corrected chi connectivity index (χ0v) is 11.4. The molecule has 1 heterocycles. The number of fused-ring (bicyclic) bond motifs is 1. The van der Waals surface area contributed by atoms with E-state index in [0.29, 0.717) is 11.2 Å². The molecule has 20 heavy (non-hydrogen) atoms. The summed E-state index contributed by atoms with van der Waals surface area (Å²) in [4.78, 5) is 7.08. The van der Waals surface area contributed by atoms with Crippen molar-refractivity contribution < 1.29 is 8.42 Å². The molecular weight excluding hydrogens is 274 g/mol. The summed E-state index contributed by atoms with van der Waals surface area (Å²) in [7, 11) is -3.46. The highest BCUT2D eigenvalue weighted by molar-refractivity contribution is 7.91. The molecule has 0 aliphatic rings. The van der Waals surface area contributed by atoms with Crippen LogP contribution in [0.2, 0.25) is 0 Å². The van der Waals surface area contributed by atoms with Crippen molar-refractivity contribution in [2.45, 2.75) is 5.75 Å². The number of hydrogen-bond acceptors (Lipinski definition) is 3. The molecular formula is C14H13N3O2S. The summed E-state index contributed by atoms with van der Waals surface area (Å²) in [5.41, 5.74) is 2.64. The van der Waals surface area contributed by atoms with Crippen LogP contribution in [0.25, 0.3) is 11.0 Å². The molecule has 2 N–H and O–H groups in total. The standard InChI is InChI=1S/C14H13N3O2S/c18-20(19,9-11-5-2-1-3-6-11)17-13-8-4-7-12-14(13)16-10-15-12/h1-8,10,17H,9H2,(H,15,16). The average Bonchev–Trinajstić information content (AvgIpc) is 2.88. The smallest absolute Gasteiger partial charge is 0.236 e. The quantitative estimate of drug-likeness (QED) is 0.774. The minimum Gasteiger partial charge on any atom is -0.345 e. The zero-order chi connectivity index (χ0) is 14.0. The van der Waals surface area contributed by atoms with Gasteiger partial charge in [0.05, 0.1) is 23.3 Å². The van der Waals surface area contributed by atoms with Gasteiger partial charge in [-0.05, 0) is 17.7 Å². The fourth-order valence-corrected chi connectivity index (χ4v) is 3.25. The molecule has 0 bridgehead atoms. The highest BCUT2D eigenvalue weighted by Gasteiger charge is 2.14. The van der Waals surface area contributed by atoms with Crippen LogP contribution in [0, 0.1) is 0 Å². The second kappa shape index (κ2) is 4.97. The first kappa shape index (κ1) is 12.7. The molecule has 0 fully saturated rings. The zero-order valence-electron chi connectivity index (χ0n) is 10.6.